The number of amides is 1. The van der Waals surface area contributed by atoms with Gasteiger partial charge in [0.15, 0.2) is 8.32 Å². The van der Waals surface area contributed by atoms with E-state index in [1.54, 1.807) is 11.1 Å². The molecule has 0 aromatic carbocycles. The van der Waals surface area contributed by atoms with Crippen molar-refractivity contribution in [2.45, 2.75) is 78.0 Å². The molecule has 0 aliphatic carbocycles. The number of hydrogen-bond donors (Lipinski definition) is 0. The second kappa shape index (κ2) is 9.61. The topological polar surface area (TPSA) is 83.0 Å². The fourth-order valence-corrected chi connectivity index (χ4v) is 3.42. The molecule has 1 aliphatic rings. The van der Waals surface area contributed by atoms with Crippen molar-refractivity contribution in [3.8, 4) is 6.01 Å². The first kappa shape index (κ1) is 24.6. The van der Waals surface area contributed by atoms with Gasteiger partial charge in [-0.15, -0.1) is 0 Å². The van der Waals surface area contributed by atoms with E-state index in [1.165, 1.54) is 0 Å². The normalized spacial score (nSPS) is 18.3. The minimum absolute atomic E-state index is 0.137. The fraction of sp³-hybridized carbons (Fsp3) is 0.762. The number of rotatable bonds is 6. The Morgan fingerprint density at radius 2 is 1.97 bits per heavy atom. The average Bonchev–Trinajstić information content (AvgIpc) is 2.63. The van der Waals surface area contributed by atoms with Crippen LogP contribution < -0.4 is 4.74 Å². The summed E-state index contributed by atoms with van der Waals surface area (Å²) in [5.74, 6) is 0. The highest BCUT2D eigenvalue weighted by Gasteiger charge is 2.37. The molecule has 1 saturated heterocycles. The van der Waals surface area contributed by atoms with Crippen LogP contribution in [-0.2, 0) is 20.5 Å². The summed E-state index contributed by atoms with van der Waals surface area (Å²) in [4.78, 5) is 22.5. The van der Waals surface area contributed by atoms with Crippen molar-refractivity contribution in [3.05, 3.63) is 18.0 Å². The number of carbonyl (C=O) groups excluding carboxylic acids is 1. The molecular weight excluding hydrogens is 402 g/mol. The predicted octanol–water partition coefficient (Wildman–Crippen LogP) is 4.01. The molecular formula is C21H37N3O5Si. The van der Waals surface area contributed by atoms with E-state index in [-0.39, 0.29) is 29.9 Å². The molecule has 9 heteroatoms. The molecule has 1 aliphatic heterocycles. The summed E-state index contributed by atoms with van der Waals surface area (Å²) in [7, 11) is -1.86. The van der Waals surface area contributed by atoms with Crippen LogP contribution in [0.3, 0.4) is 0 Å². The van der Waals surface area contributed by atoms with Crippen molar-refractivity contribution in [1.82, 2.24) is 14.9 Å². The third-order valence-corrected chi connectivity index (χ3v) is 9.75. The molecule has 170 valence electrons. The van der Waals surface area contributed by atoms with Gasteiger partial charge in [0.2, 0.25) is 0 Å². The van der Waals surface area contributed by atoms with Gasteiger partial charge < -0.3 is 23.5 Å². The van der Waals surface area contributed by atoms with Crippen molar-refractivity contribution in [2.24, 2.45) is 0 Å². The van der Waals surface area contributed by atoms with Crippen molar-refractivity contribution >= 4 is 14.4 Å². The maximum Gasteiger partial charge on any atom is 0.410 e. The Morgan fingerprint density at radius 1 is 1.27 bits per heavy atom. The zero-order valence-corrected chi connectivity index (χ0v) is 20.7. The molecule has 1 atom stereocenters. The van der Waals surface area contributed by atoms with E-state index in [9.17, 15) is 4.79 Å². The molecule has 1 unspecified atom stereocenters. The predicted molar refractivity (Wildman–Crippen MR) is 117 cm³/mol. The zero-order chi connectivity index (χ0) is 22.6. The smallest absolute Gasteiger partial charge is 0.410 e. The van der Waals surface area contributed by atoms with Crippen LogP contribution in [0.5, 0.6) is 6.01 Å². The molecule has 0 bridgehead atoms. The lowest BCUT2D eigenvalue weighted by Gasteiger charge is -2.36. The molecule has 1 aromatic heterocycles. The SMILES string of the molecule is CC(C)(C)OC(=O)N1CCOC(COc2nccc(CO[Si](C)(C)C(C)(C)C)n2)C1. The van der Waals surface area contributed by atoms with Gasteiger partial charge in [0.1, 0.15) is 18.3 Å². The lowest BCUT2D eigenvalue weighted by Crippen LogP contribution is -2.49. The van der Waals surface area contributed by atoms with E-state index in [4.69, 9.17) is 18.6 Å². The van der Waals surface area contributed by atoms with Crippen LogP contribution in [0.1, 0.15) is 47.2 Å². The zero-order valence-electron chi connectivity index (χ0n) is 19.7. The van der Waals surface area contributed by atoms with Gasteiger partial charge >= 0.3 is 12.1 Å². The van der Waals surface area contributed by atoms with E-state index < -0.39 is 13.9 Å². The van der Waals surface area contributed by atoms with Crippen molar-refractivity contribution < 1.29 is 23.4 Å². The Balaban J connectivity index is 1.87. The maximum absolute atomic E-state index is 12.3. The van der Waals surface area contributed by atoms with Gasteiger partial charge in [-0.2, -0.15) is 4.98 Å². The number of ether oxygens (including phenoxy) is 3. The molecule has 1 fully saturated rings. The van der Waals surface area contributed by atoms with E-state index >= 15 is 0 Å². The Morgan fingerprint density at radius 3 is 2.60 bits per heavy atom. The minimum atomic E-state index is -1.86. The Labute approximate surface area is 181 Å². The van der Waals surface area contributed by atoms with Crippen molar-refractivity contribution in [2.75, 3.05) is 26.3 Å². The molecule has 2 rings (SSSR count). The van der Waals surface area contributed by atoms with Gasteiger partial charge in [-0.1, -0.05) is 20.8 Å². The van der Waals surface area contributed by atoms with Crippen LogP contribution in [0, 0.1) is 0 Å². The minimum Gasteiger partial charge on any atom is -0.461 e. The third kappa shape index (κ3) is 7.52. The Kier molecular flexibility index (Phi) is 7.87. The monoisotopic (exact) mass is 439 g/mol. The van der Waals surface area contributed by atoms with Crippen LogP contribution in [0.2, 0.25) is 18.1 Å². The molecule has 0 N–H and O–H groups in total. The maximum atomic E-state index is 12.3. The number of carbonyl (C=O) groups is 1. The second-order valence-corrected chi connectivity index (χ2v) is 14.9. The largest absolute Gasteiger partial charge is 0.461 e. The molecule has 2 heterocycles. The molecule has 1 amide bonds. The fourth-order valence-electron chi connectivity index (χ4n) is 2.48. The second-order valence-electron chi connectivity index (χ2n) is 10.1. The van der Waals surface area contributed by atoms with Crippen LogP contribution in [0.4, 0.5) is 4.79 Å². The van der Waals surface area contributed by atoms with Crippen LogP contribution >= 0.6 is 0 Å². The molecule has 1 aromatic rings. The lowest BCUT2D eigenvalue weighted by molar-refractivity contribution is -0.0566. The van der Waals surface area contributed by atoms with Gasteiger partial charge in [-0.25, -0.2) is 9.78 Å². The van der Waals surface area contributed by atoms with Crippen molar-refractivity contribution in [3.63, 3.8) is 0 Å². The molecule has 0 radical (unpaired) electrons. The Hall–Kier alpha value is -1.71. The van der Waals surface area contributed by atoms with Crippen molar-refractivity contribution in [1.29, 1.82) is 0 Å². The number of hydrogen-bond acceptors (Lipinski definition) is 7. The van der Waals surface area contributed by atoms with Gasteiger partial charge in [-0.05, 0) is 45.0 Å². The summed E-state index contributed by atoms with van der Waals surface area (Å²) in [5, 5.41) is 0.137. The van der Waals surface area contributed by atoms with Crippen LogP contribution in [0.15, 0.2) is 12.3 Å². The first-order valence-corrected chi connectivity index (χ1v) is 13.4. The van der Waals surface area contributed by atoms with Crippen LogP contribution in [0.25, 0.3) is 0 Å². The highest BCUT2D eigenvalue weighted by molar-refractivity contribution is 6.74. The highest BCUT2D eigenvalue weighted by atomic mass is 28.4. The van der Waals surface area contributed by atoms with Gasteiger partial charge in [0.05, 0.1) is 25.5 Å². The first-order valence-electron chi connectivity index (χ1n) is 10.4. The van der Waals surface area contributed by atoms with Gasteiger partial charge in [-0.3, -0.25) is 0 Å². The summed E-state index contributed by atoms with van der Waals surface area (Å²) in [6.45, 7) is 18.6. The van der Waals surface area contributed by atoms with Gasteiger partial charge in [0.25, 0.3) is 0 Å². The average molecular weight is 440 g/mol. The standard InChI is InChI=1S/C21H37N3O5Si/c1-20(2,3)29-19(25)24-11-12-26-17(13-24)15-27-18-22-10-9-16(23-18)14-28-30(7,8)21(4,5)6/h9-10,17H,11-15H2,1-8H3. The summed E-state index contributed by atoms with van der Waals surface area (Å²) in [6, 6.07) is 2.12. The summed E-state index contributed by atoms with van der Waals surface area (Å²) >= 11 is 0. The van der Waals surface area contributed by atoms with E-state index in [1.807, 2.05) is 26.8 Å². The highest BCUT2D eigenvalue weighted by Crippen LogP contribution is 2.37. The van der Waals surface area contributed by atoms with E-state index in [0.717, 1.165) is 5.69 Å². The quantitative estimate of drug-likeness (QED) is 0.619. The first-order chi connectivity index (χ1) is 13.8. The number of nitrogens with zero attached hydrogens (tertiary/aromatic N) is 3. The van der Waals surface area contributed by atoms with Crippen LogP contribution in [-0.4, -0.2) is 67.3 Å². The summed E-state index contributed by atoms with van der Waals surface area (Å²) in [5.41, 5.74) is 0.257. The molecule has 30 heavy (non-hydrogen) atoms. The van der Waals surface area contributed by atoms with E-state index in [2.05, 4.69) is 43.8 Å². The number of aromatic nitrogens is 2. The van der Waals surface area contributed by atoms with E-state index in [0.29, 0.717) is 26.3 Å². The summed E-state index contributed by atoms with van der Waals surface area (Å²) in [6.07, 6.45) is 1.07. The number of morpholine rings is 1. The lowest BCUT2D eigenvalue weighted by atomic mass is 10.2. The van der Waals surface area contributed by atoms with Gasteiger partial charge in [0, 0.05) is 12.7 Å². The molecule has 0 saturated carbocycles. The molecule has 8 nitrogen and oxygen atoms in total. The Bertz CT molecular complexity index is 715. The summed E-state index contributed by atoms with van der Waals surface area (Å²) < 4.78 is 23.1. The third-order valence-electron chi connectivity index (χ3n) is 5.27. The molecule has 0 spiro atoms.